The molecule has 0 saturated heterocycles. The monoisotopic (exact) mass is 297 g/mol. The molecular formula is C17H35N3O. The number of carbonyl (C=O) groups is 1. The summed E-state index contributed by atoms with van der Waals surface area (Å²) >= 11 is 0. The lowest BCUT2D eigenvalue weighted by atomic mass is 9.71. The smallest absolute Gasteiger partial charge is 0.220 e. The predicted octanol–water partition coefficient (Wildman–Crippen LogP) is 2.38. The van der Waals surface area contributed by atoms with Crippen LogP contribution in [-0.2, 0) is 4.79 Å². The Morgan fingerprint density at radius 2 is 1.86 bits per heavy atom. The van der Waals surface area contributed by atoms with E-state index in [9.17, 15) is 4.79 Å². The van der Waals surface area contributed by atoms with Crippen LogP contribution in [0.1, 0.15) is 58.8 Å². The first-order valence-corrected chi connectivity index (χ1v) is 8.52. The third-order valence-electron chi connectivity index (χ3n) is 4.89. The molecule has 1 aliphatic rings. The number of likely N-dealkylation sites (N-methyl/N-ethyl adjacent to an activating group) is 1. The average molecular weight is 297 g/mol. The van der Waals surface area contributed by atoms with E-state index in [2.05, 4.69) is 38.2 Å². The Balaban J connectivity index is 2.44. The minimum absolute atomic E-state index is 0.0635. The van der Waals surface area contributed by atoms with E-state index in [0.29, 0.717) is 24.9 Å². The van der Waals surface area contributed by atoms with E-state index in [0.717, 1.165) is 25.8 Å². The number of nitrogens with two attached hydrogens (primary N) is 1. The highest BCUT2D eigenvalue weighted by molar-refractivity contribution is 5.76. The first-order chi connectivity index (χ1) is 9.88. The molecule has 1 amide bonds. The van der Waals surface area contributed by atoms with Gasteiger partial charge < -0.3 is 16.0 Å². The lowest BCUT2D eigenvalue weighted by Crippen LogP contribution is -2.44. The van der Waals surface area contributed by atoms with Gasteiger partial charge in [0.2, 0.25) is 5.91 Å². The second-order valence-corrected chi connectivity index (χ2v) is 7.49. The molecule has 1 fully saturated rings. The summed E-state index contributed by atoms with van der Waals surface area (Å²) in [5.41, 5.74) is 6.03. The van der Waals surface area contributed by atoms with Gasteiger partial charge in [0.25, 0.3) is 0 Å². The second kappa shape index (κ2) is 8.74. The van der Waals surface area contributed by atoms with Crippen LogP contribution < -0.4 is 11.1 Å². The van der Waals surface area contributed by atoms with Crippen molar-refractivity contribution in [2.45, 2.75) is 64.8 Å². The Labute approximate surface area is 130 Å². The number of hydrogen-bond donors (Lipinski definition) is 2. The van der Waals surface area contributed by atoms with Crippen molar-refractivity contribution in [3.8, 4) is 0 Å². The summed E-state index contributed by atoms with van der Waals surface area (Å²) in [5.74, 6) is 0.820. The van der Waals surface area contributed by atoms with Crippen LogP contribution in [0.15, 0.2) is 0 Å². The SMILES string of the molecule is CC(C)CC(CNC(=O)CC1(CN)CCCCC1)N(C)C. The fourth-order valence-corrected chi connectivity index (χ4v) is 3.41. The molecule has 1 saturated carbocycles. The molecule has 3 N–H and O–H groups in total. The van der Waals surface area contributed by atoms with Crippen molar-refractivity contribution in [1.29, 1.82) is 0 Å². The Morgan fingerprint density at radius 3 is 2.33 bits per heavy atom. The summed E-state index contributed by atoms with van der Waals surface area (Å²) in [4.78, 5) is 14.5. The highest BCUT2D eigenvalue weighted by atomic mass is 16.1. The van der Waals surface area contributed by atoms with E-state index in [1.54, 1.807) is 0 Å². The van der Waals surface area contributed by atoms with Gasteiger partial charge in [0.1, 0.15) is 0 Å². The van der Waals surface area contributed by atoms with Gasteiger partial charge in [-0.25, -0.2) is 0 Å². The summed E-state index contributed by atoms with van der Waals surface area (Å²) in [7, 11) is 4.17. The maximum Gasteiger partial charge on any atom is 0.220 e. The zero-order valence-electron chi connectivity index (χ0n) is 14.5. The summed E-state index contributed by atoms with van der Waals surface area (Å²) < 4.78 is 0. The van der Waals surface area contributed by atoms with Crippen LogP contribution in [0, 0.1) is 11.3 Å². The van der Waals surface area contributed by atoms with Gasteiger partial charge in [0.05, 0.1) is 0 Å². The molecule has 0 aromatic carbocycles. The number of nitrogens with zero attached hydrogens (tertiary/aromatic N) is 1. The predicted molar refractivity (Wildman–Crippen MR) is 89.1 cm³/mol. The van der Waals surface area contributed by atoms with E-state index in [1.807, 2.05) is 0 Å². The molecule has 124 valence electrons. The van der Waals surface area contributed by atoms with Crippen molar-refractivity contribution in [2.24, 2.45) is 17.1 Å². The summed E-state index contributed by atoms with van der Waals surface area (Å²) in [6.45, 7) is 5.84. The molecule has 0 bridgehead atoms. The van der Waals surface area contributed by atoms with E-state index in [4.69, 9.17) is 5.73 Å². The fourth-order valence-electron chi connectivity index (χ4n) is 3.41. The minimum Gasteiger partial charge on any atom is -0.355 e. The standard InChI is InChI=1S/C17H35N3O/c1-14(2)10-15(20(3)4)12-19-16(21)11-17(13-18)8-6-5-7-9-17/h14-15H,5-13,18H2,1-4H3,(H,19,21). The lowest BCUT2D eigenvalue weighted by Gasteiger charge is -2.36. The largest absolute Gasteiger partial charge is 0.355 e. The quantitative estimate of drug-likeness (QED) is 0.723. The number of carbonyl (C=O) groups excluding carboxylic acids is 1. The van der Waals surface area contributed by atoms with Crippen molar-refractivity contribution < 1.29 is 4.79 Å². The van der Waals surface area contributed by atoms with Crippen LogP contribution >= 0.6 is 0 Å². The zero-order chi connectivity index (χ0) is 15.9. The average Bonchev–Trinajstić information content (AvgIpc) is 2.43. The maximum atomic E-state index is 12.3. The van der Waals surface area contributed by atoms with Gasteiger partial charge in [-0.05, 0) is 51.2 Å². The molecule has 0 aliphatic heterocycles. The van der Waals surface area contributed by atoms with Crippen molar-refractivity contribution in [1.82, 2.24) is 10.2 Å². The van der Waals surface area contributed by atoms with Gasteiger partial charge in [-0.1, -0.05) is 33.1 Å². The summed E-state index contributed by atoms with van der Waals surface area (Å²) in [6, 6.07) is 0.411. The minimum atomic E-state index is 0.0635. The third kappa shape index (κ3) is 6.35. The van der Waals surface area contributed by atoms with Gasteiger partial charge in [0.15, 0.2) is 0 Å². The molecule has 0 heterocycles. The molecule has 0 aromatic heterocycles. The van der Waals surface area contributed by atoms with E-state index in [1.165, 1.54) is 19.3 Å². The third-order valence-corrected chi connectivity index (χ3v) is 4.89. The lowest BCUT2D eigenvalue weighted by molar-refractivity contribution is -0.124. The number of amides is 1. The number of nitrogens with one attached hydrogen (secondary N) is 1. The van der Waals surface area contributed by atoms with Crippen LogP contribution in [0.5, 0.6) is 0 Å². The van der Waals surface area contributed by atoms with Crippen molar-refractivity contribution >= 4 is 5.91 Å². The molecule has 1 rings (SSSR count). The molecule has 0 spiro atoms. The Kier molecular flexibility index (Phi) is 7.67. The number of rotatable bonds is 8. The first-order valence-electron chi connectivity index (χ1n) is 8.52. The van der Waals surface area contributed by atoms with Crippen LogP contribution in [0.2, 0.25) is 0 Å². The van der Waals surface area contributed by atoms with E-state index >= 15 is 0 Å². The molecule has 1 atom stereocenters. The van der Waals surface area contributed by atoms with Gasteiger partial charge in [-0.2, -0.15) is 0 Å². The van der Waals surface area contributed by atoms with E-state index < -0.39 is 0 Å². The van der Waals surface area contributed by atoms with Crippen molar-refractivity contribution in [2.75, 3.05) is 27.2 Å². The van der Waals surface area contributed by atoms with Gasteiger partial charge >= 0.3 is 0 Å². The van der Waals surface area contributed by atoms with Crippen LogP contribution in [0.3, 0.4) is 0 Å². The second-order valence-electron chi connectivity index (χ2n) is 7.49. The molecule has 1 unspecified atom stereocenters. The number of hydrogen-bond acceptors (Lipinski definition) is 3. The molecule has 21 heavy (non-hydrogen) atoms. The molecule has 4 nitrogen and oxygen atoms in total. The zero-order valence-corrected chi connectivity index (χ0v) is 14.5. The maximum absolute atomic E-state index is 12.3. The van der Waals surface area contributed by atoms with Gasteiger partial charge in [0, 0.05) is 19.0 Å². The topological polar surface area (TPSA) is 58.4 Å². The molecular weight excluding hydrogens is 262 g/mol. The summed E-state index contributed by atoms with van der Waals surface area (Å²) in [6.07, 6.45) is 7.66. The summed E-state index contributed by atoms with van der Waals surface area (Å²) in [5, 5.41) is 3.14. The highest BCUT2D eigenvalue weighted by Gasteiger charge is 2.33. The van der Waals surface area contributed by atoms with Crippen molar-refractivity contribution in [3.63, 3.8) is 0 Å². The normalized spacial score (nSPS) is 19.8. The molecule has 0 radical (unpaired) electrons. The highest BCUT2D eigenvalue weighted by Crippen LogP contribution is 2.38. The Bertz CT molecular complexity index is 309. The molecule has 4 heteroatoms. The van der Waals surface area contributed by atoms with Gasteiger partial charge in [-0.15, -0.1) is 0 Å². The fraction of sp³-hybridized carbons (Fsp3) is 0.941. The van der Waals surface area contributed by atoms with Gasteiger partial charge in [-0.3, -0.25) is 4.79 Å². The van der Waals surface area contributed by atoms with Crippen LogP contribution in [0.4, 0.5) is 0 Å². The molecule has 0 aromatic rings. The Hall–Kier alpha value is -0.610. The van der Waals surface area contributed by atoms with Crippen molar-refractivity contribution in [3.05, 3.63) is 0 Å². The Morgan fingerprint density at radius 1 is 1.24 bits per heavy atom. The first kappa shape index (κ1) is 18.4. The van der Waals surface area contributed by atoms with Crippen LogP contribution in [-0.4, -0.2) is 44.0 Å². The van der Waals surface area contributed by atoms with Crippen LogP contribution in [0.25, 0.3) is 0 Å². The van der Waals surface area contributed by atoms with E-state index in [-0.39, 0.29) is 11.3 Å². The molecule has 1 aliphatic carbocycles.